The van der Waals surface area contributed by atoms with Gasteiger partial charge in [-0.3, -0.25) is 4.52 Å². The molecular weight excluding hydrogens is 517 g/mol. The van der Waals surface area contributed by atoms with Crippen LogP contribution in [0.2, 0.25) is 5.02 Å². The summed E-state index contributed by atoms with van der Waals surface area (Å²) in [4.78, 5) is 0. The second-order valence-electron chi connectivity index (χ2n) is 9.06. The molecule has 38 heavy (non-hydrogen) atoms. The van der Waals surface area contributed by atoms with Crippen molar-refractivity contribution in [2.24, 2.45) is 0 Å². The van der Waals surface area contributed by atoms with E-state index in [1.165, 1.54) is 7.11 Å². The van der Waals surface area contributed by atoms with Crippen LogP contribution in [0, 0.1) is 0 Å². The summed E-state index contributed by atoms with van der Waals surface area (Å²) in [5, 5.41) is 0.658. The monoisotopic (exact) mass is 549 g/mol. The average molecular weight is 550 g/mol. The maximum absolute atomic E-state index is 14.2. The van der Waals surface area contributed by atoms with Crippen LogP contribution in [0.1, 0.15) is 36.6 Å². The van der Waals surface area contributed by atoms with Crippen LogP contribution >= 0.6 is 19.3 Å². The van der Waals surface area contributed by atoms with Gasteiger partial charge in [-0.05, 0) is 54.8 Å². The average Bonchev–Trinajstić information content (AvgIpc) is 2.96. The molecule has 5 nitrogen and oxygen atoms in total. The molecule has 0 spiro atoms. The second kappa shape index (κ2) is 12.8. The van der Waals surface area contributed by atoms with Gasteiger partial charge in [0.2, 0.25) is 0 Å². The Labute approximate surface area is 230 Å². The Morgan fingerprint density at radius 3 is 1.92 bits per heavy atom. The van der Waals surface area contributed by atoms with E-state index >= 15 is 0 Å². The van der Waals surface area contributed by atoms with Crippen LogP contribution in [0.3, 0.4) is 0 Å². The lowest BCUT2D eigenvalue weighted by Crippen LogP contribution is -2.34. The number of hydrogen-bond donors (Lipinski definition) is 0. The number of ether oxygens (including phenoxy) is 1. The predicted octanol–water partition coefficient (Wildman–Crippen LogP) is 8.52. The number of para-hydroxylation sites is 1. The summed E-state index contributed by atoms with van der Waals surface area (Å²) in [6.45, 7) is 4.58. The summed E-state index contributed by atoms with van der Waals surface area (Å²) in [6.07, 6.45) is 0. The first-order valence-corrected chi connectivity index (χ1v) is 14.4. The lowest BCUT2D eigenvalue weighted by Gasteiger charge is -2.36. The topological polar surface area (TPSA) is 48.0 Å². The first-order chi connectivity index (χ1) is 18.4. The quantitative estimate of drug-likeness (QED) is 0.166. The van der Waals surface area contributed by atoms with Gasteiger partial charge >= 0.3 is 7.75 Å². The minimum absolute atomic E-state index is 0.261. The third kappa shape index (κ3) is 6.55. The van der Waals surface area contributed by atoms with Crippen molar-refractivity contribution in [2.45, 2.75) is 25.5 Å². The van der Waals surface area contributed by atoms with E-state index in [-0.39, 0.29) is 12.6 Å². The van der Waals surface area contributed by atoms with Crippen molar-refractivity contribution in [2.75, 3.05) is 20.3 Å². The minimum atomic E-state index is -3.75. The van der Waals surface area contributed by atoms with Crippen molar-refractivity contribution in [1.82, 2.24) is 4.67 Å². The summed E-state index contributed by atoms with van der Waals surface area (Å²) in [5.74, 6) is 0.471. The first kappa shape index (κ1) is 28.1. The summed E-state index contributed by atoms with van der Waals surface area (Å²) in [7, 11) is -2.34. The van der Waals surface area contributed by atoms with Crippen LogP contribution in [0.5, 0.6) is 5.75 Å². The molecule has 0 heterocycles. The maximum Gasteiger partial charge on any atom is 0.461 e. The van der Waals surface area contributed by atoms with Gasteiger partial charge < -0.3 is 9.26 Å². The van der Waals surface area contributed by atoms with Crippen molar-refractivity contribution < 1.29 is 18.3 Å². The van der Waals surface area contributed by atoms with Gasteiger partial charge in [-0.25, -0.2) is 4.57 Å². The first-order valence-electron chi connectivity index (χ1n) is 12.5. The molecule has 4 rings (SSSR count). The number of halogens is 1. The van der Waals surface area contributed by atoms with E-state index in [9.17, 15) is 4.57 Å². The summed E-state index contributed by atoms with van der Waals surface area (Å²) < 4.78 is 34.2. The van der Waals surface area contributed by atoms with Crippen molar-refractivity contribution in [3.63, 3.8) is 0 Å². The molecule has 0 amide bonds. The van der Waals surface area contributed by atoms with E-state index in [1.807, 2.05) is 117 Å². The molecule has 0 saturated carbocycles. The summed E-state index contributed by atoms with van der Waals surface area (Å²) in [6, 6.07) is 36.4. The van der Waals surface area contributed by atoms with Crippen LogP contribution in [0.15, 0.2) is 115 Å². The number of rotatable bonds is 12. The fourth-order valence-corrected chi connectivity index (χ4v) is 6.23. The zero-order chi connectivity index (χ0) is 27.0. The molecular formula is C31H33ClNO4P. The van der Waals surface area contributed by atoms with Gasteiger partial charge in [0.25, 0.3) is 0 Å². The molecule has 0 aromatic heterocycles. The predicted molar refractivity (Wildman–Crippen MR) is 154 cm³/mol. The molecule has 0 aliphatic rings. The van der Waals surface area contributed by atoms with Crippen LogP contribution < -0.4 is 4.52 Å². The number of nitrogens with zero attached hydrogens (tertiary/aromatic N) is 1. The standard InChI is InChI=1S/C31H33ClNO4P/c1-25(26-13-7-4-8-14-26)33(38(34,35-3)37-30-17-11-6-12-18-30)23-24-36-31(2,27-15-9-5-10-16-27)28-19-21-29(32)22-20-28/h4-22,25H,23-24H2,1-3H3. The third-order valence-corrected chi connectivity index (χ3v) is 9.00. The minimum Gasteiger partial charge on any atom is -0.413 e. The van der Waals surface area contributed by atoms with Crippen LogP contribution in [-0.2, 0) is 19.4 Å². The molecule has 0 radical (unpaired) electrons. The van der Waals surface area contributed by atoms with Crippen LogP contribution in [0.4, 0.5) is 0 Å². The van der Waals surface area contributed by atoms with Gasteiger partial charge in [0.1, 0.15) is 11.4 Å². The van der Waals surface area contributed by atoms with Gasteiger partial charge in [-0.2, -0.15) is 4.67 Å². The Morgan fingerprint density at radius 2 is 1.34 bits per heavy atom. The lowest BCUT2D eigenvalue weighted by molar-refractivity contribution is -0.0122. The Bertz CT molecular complexity index is 1320. The Hall–Kier alpha value is -2.92. The highest BCUT2D eigenvalue weighted by molar-refractivity contribution is 7.51. The molecule has 0 aliphatic carbocycles. The number of benzene rings is 4. The molecule has 3 unspecified atom stereocenters. The van der Waals surface area contributed by atoms with Crippen molar-refractivity contribution in [3.05, 3.63) is 137 Å². The van der Waals surface area contributed by atoms with Crippen molar-refractivity contribution in [1.29, 1.82) is 0 Å². The van der Waals surface area contributed by atoms with Crippen molar-refractivity contribution >= 4 is 19.3 Å². The lowest BCUT2D eigenvalue weighted by atomic mass is 9.88. The van der Waals surface area contributed by atoms with Gasteiger partial charge in [0.05, 0.1) is 6.61 Å². The second-order valence-corrected chi connectivity index (χ2v) is 11.5. The smallest absolute Gasteiger partial charge is 0.413 e. The fourth-order valence-electron chi connectivity index (χ4n) is 4.44. The SMILES string of the molecule is COP(=O)(Oc1ccccc1)N(CCOC(C)(c1ccccc1)c1ccc(Cl)cc1)C(C)c1ccccc1. The van der Waals surface area contributed by atoms with E-state index in [0.29, 0.717) is 17.3 Å². The molecule has 4 aromatic carbocycles. The number of hydrogen-bond acceptors (Lipinski definition) is 4. The van der Waals surface area contributed by atoms with Gasteiger partial charge in [-0.1, -0.05) is 103 Å². The third-order valence-electron chi connectivity index (χ3n) is 6.67. The molecule has 0 aliphatic heterocycles. The van der Waals surface area contributed by atoms with Gasteiger partial charge in [0.15, 0.2) is 0 Å². The summed E-state index contributed by atoms with van der Waals surface area (Å²) in [5.41, 5.74) is 2.20. The van der Waals surface area contributed by atoms with Gasteiger partial charge in [0, 0.05) is 24.7 Å². The zero-order valence-corrected chi connectivity index (χ0v) is 23.5. The molecule has 0 saturated heterocycles. The Kier molecular flexibility index (Phi) is 9.43. The Balaban J connectivity index is 1.64. The normalized spacial score (nSPS) is 15.4. The largest absolute Gasteiger partial charge is 0.461 e. The van der Waals surface area contributed by atoms with Crippen molar-refractivity contribution in [3.8, 4) is 5.75 Å². The van der Waals surface area contributed by atoms with E-state index in [2.05, 4.69) is 0 Å². The zero-order valence-electron chi connectivity index (χ0n) is 21.9. The van der Waals surface area contributed by atoms with Crippen LogP contribution in [0.25, 0.3) is 0 Å². The Morgan fingerprint density at radius 1 is 0.816 bits per heavy atom. The van der Waals surface area contributed by atoms with Gasteiger partial charge in [-0.15, -0.1) is 0 Å². The molecule has 7 heteroatoms. The molecule has 0 fully saturated rings. The maximum atomic E-state index is 14.2. The van der Waals surface area contributed by atoms with E-state index in [1.54, 1.807) is 16.8 Å². The molecule has 4 aromatic rings. The molecule has 0 N–H and O–H groups in total. The highest BCUT2D eigenvalue weighted by atomic mass is 35.5. The summed E-state index contributed by atoms with van der Waals surface area (Å²) >= 11 is 6.17. The van der Waals surface area contributed by atoms with E-state index in [4.69, 9.17) is 25.4 Å². The fraction of sp³-hybridized carbons (Fsp3) is 0.226. The molecule has 3 atom stereocenters. The molecule has 0 bridgehead atoms. The van der Waals surface area contributed by atoms with E-state index < -0.39 is 13.3 Å². The van der Waals surface area contributed by atoms with Crippen LogP contribution in [-0.4, -0.2) is 24.9 Å². The molecule has 198 valence electrons. The van der Waals surface area contributed by atoms with E-state index in [0.717, 1.165) is 16.7 Å². The highest BCUT2D eigenvalue weighted by Crippen LogP contribution is 2.55. The highest BCUT2D eigenvalue weighted by Gasteiger charge is 2.39.